The molecule has 16 heavy (non-hydrogen) atoms. The van der Waals surface area contributed by atoms with E-state index in [4.69, 9.17) is 4.42 Å². The van der Waals surface area contributed by atoms with E-state index < -0.39 is 0 Å². The van der Waals surface area contributed by atoms with Crippen molar-refractivity contribution >= 4 is 5.91 Å². The Morgan fingerprint density at radius 3 is 2.81 bits per heavy atom. The van der Waals surface area contributed by atoms with E-state index in [1.807, 2.05) is 30.3 Å². The fourth-order valence-corrected chi connectivity index (χ4v) is 1.26. The summed E-state index contributed by atoms with van der Waals surface area (Å²) in [6.45, 7) is 1.39. The standard InChI is InChI=1S/C11H11N3O2/c1-9(15)12-13-11-14(7-8-16-11)10-5-3-2-4-6-10/h2-8H,1H3,(H,12,15). The van der Waals surface area contributed by atoms with Crippen molar-refractivity contribution in [2.24, 2.45) is 5.10 Å². The van der Waals surface area contributed by atoms with Gasteiger partial charge in [-0.2, -0.15) is 0 Å². The van der Waals surface area contributed by atoms with Gasteiger partial charge < -0.3 is 4.42 Å². The summed E-state index contributed by atoms with van der Waals surface area (Å²) in [6.07, 6.45) is 3.24. The molecule has 1 aromatic heterocycles. The Labute approximate surface area is 92.0 Å². The Balaban J connectivity index is 2.40. The maximum atomic E-state index is 10.7. The lowest BCUT2D eigenvalue weighted by Gasteiger charge is -1.99. The molecule has 1 aromatic carbocycles. The van der Waals surface area contributed by atoms with Crippen LogP contribution in [0.25, 0.3) is 5.69 Å². The van der Waals surface area contributed by atoms with Gasteiger partial charge in [0.25, 0.3) is 0 Å². The summed E-state index contributed by atoms with van der Waals surface area (Å²) >= 11 is 0. The molecule has 0 aliphatic rings. The Hall–Kier alpha value is -2.30. The first-order valence-electron chi connectivity index (χ1n) is 4.79. The van der Waals surface area contributed by atoms with E-state index in [1.54, 1.807) is 10.8 Å². The average molecular weight is 217 g/mol. The maximum Gasteiger partial charge on any atom is 0.323 e. The molecule has 1 N–H and O–H groups in total. The molecule has 0 aliphatic carbocycles. The highest BCUT2D eigenvalue weighted by Gasteiger charge is 1.99. The van der Waals surface area contributed by atoms with Crippen LogP contribution in [0.4, 0.5) is 0 Å². The molecule has 5 heteroatoms. The van der Waals surface area contributed by atoms with E-state index in [1.165, 1.54) is 13.2 Å². The monoisotopic (exact) mass is 217 g/mol. The number of nitrogens with one attached hydrogen (secondary N) is 1. The number of oxazole rings is 1. The second-order valence-electron chi connectivity index (χ2n) is 3.17. The molecule has 82 valence electrons. The number of rotatable bonds is 2. The van der Waals surface area contributed by atoms with Crippen LogP contribution in [0.1, 0.15) is 6.92 Å². The van der Waals surface area contributed by atoms with Crippen LogP contribution in [0.5, 0.6) is 0 Å². The largest absolute Gasteiger partial charge is 0.431 e. The summed E-state index contributed by atoms with van der Waals surface area (Å²) in [4.78, 5) is 10.7. The third-order valence-corrected chi connectivity index (χ3v) is 1.93. The van der Waals surface area contributed by atoms with E-state index in [0.717, 1.165) is 5.69 Å². The van der Waals surface area contributed by atoms with Crippen LogP contribution < -0.4 is 11.1 Å². The molecule has 0 unspecified atom stereocenters. The number of hydrogen-bond acceptors (Lipinski definition) is 3. The first kappa shape index (κ1) is 10.2. The molecule has 2 rings (SSSR count). The normalized spacial score (nSPS) is 11.4. The summed E-state index contributed by atoms with van der Waals surface area (Å²) in [5.41, 5.74) is 3.57. The quantitative estimate of drug-likeness (QED) is 0.763. The van der Waals surface area contributed by atoms with Gasteiger partial charge in [-0.1, -0.05) is 18.2 Å². The molecule has 5 nitrogen and oxygen atoms in total. The average Bonchev–Trinajstić information content (AvgIpc) is 2.75. The van der Waals surface area contributed by atoms with Gasteiger partial charge in [-0.15, -0.1) is 5.10 Å². The van der Waals surface area contributed by atoms with Crippen molar-refractivity contribution in [1.29, 1.82) is 0 Å². The second-order valence-corrected chi connectivity index (χ2v) is 3.17. The van der Waals surface area contributed by atoms with Crippen LogP contribution in [0.15, 0.2) is 52.3 Å². The Morgan fingerprint density at radius 2 is 2.12 bits per heavy atom. The van der Waals surface area contributed by atoms with Gasteiger partial charge in [0, 0.05) is 13.1 Å². The van der Waals surface area contributed by atoms with E-state index >= 15 is 0 Å². The summed E-state index contributed by atoms with van der Waals surface area (Å²) < 4.78 is 6.88. The van der Waals surface area contributed by atoms with Gasteiger partial charge in [0.15, 0.2) is 0 Å². The van der Waals surface area contributed by atoms with Crippen molar-refractivity contribution in [3.05, 3.63) is 48.5 Å². The van der Waals surface area contributed by atoms with Gasteiger partial charge >= 0.3 is 5.68 Å². The van der Waals surface area contributed by atoms with E-state index in [9.17, 15) is 4.79 Å². The van der Waals surface area contributed by atoms with E-state index in [-0.39, 0.29) is 5.91 Å². The predicted molar refractivity (Wildman–Crippen MR) is 57.4 cm³/mol. The molecular formula is C11H11N3O2. The highest BCUT2D eigenvalue weighted by molar-refractivity contribution is 5.72. The molecule has 1 amide bonds. The van der Waals surface area contributed by atoms with Gasteiger partial charge in [0.05, 0.1) is 5.69 Å². The fourth-order valence-electron chi connectivity index (χ4n) is 1.26. The van der Waals surface area contributed by atoms with Crippen LogP contribution in [0.2, 0.25) is 0 Å². The van der Waals surface area contributed by atoms with E-state index in [2.05, 4.69) is 10.5 Å². The fraction of sp³-hybridized carbons (Fsp3) is 0.0909. The minimum atomic E-state index is -0.240. The van der Waals surface area contributed by atoms with E-state index in [0.29, 0.717) is 5.68 Å². The second kappa shape index (κ2) is 4.48. The van der Waals surface area contributed by atoms with Crippen molar-refractivity contribution in [3.8, 4) is 5.69 Å². The lowest BCUT2D eigenvalue weighted by atomic mass is 10.3. The molecular weight excluding hydrogens is 206 g/mol. The van der Waals surface area contributed by atoms with Crippen molar-refractivity contribution in [1.82, 2.24) is 9.99 Å². The van der Waals surface area contributed by atoms with Crippen molar-refractivity contribution in [2.45, 2.75) is 6.92 Å². The van der Waals surface area contributed by atoms with Crippen LogP contribution in [0, 0.1) is 0 Å². The van der Waals surface area contributed by atoms with Gasteiger partial charge in [0.2, 0.25) is 5.91 Å². The minimum Gasteiger partial charge on any atom is -0.431 e. The molecule has 0 radical (unpaired) electrons. The third-order valence-electron chi connectivity index (χ3n) is 1.93. The molecule has 1 heterocycles. The number of amides is 1. The van der Waals surface area contributed by atoms with Gasteiger partial charge in [-0.3, -0.25) is 9.36 Å². The summed E-state index contributed by atoms with van der Waals surface area (Å²) in [6, 6.07) is 9.59. The molecule has 0 spiro atoms. The Bertz CT molecular complexity index is 540. The van der Waals surface area contributed by atoms with Crippen LogP contribution in [-0.2, 0) is 4.79 Å². The van der Waals surface area contributed by atoms with Gasteiger partial charge in [-0.05, 0) is 12.1 Å². The minimum absolute atomic E-state index is 0.240. The lowest BCUT2D eigenvalue weighted by molar-refractivity contribution is -0.119. The van der Waals surface area contributed by atoms with Gasteiger partial charge in [0.1, 0.15) is 6.26 Å². The molecule has 0 bridgehead atoms. The summed E-state index contributed by atoms with van der Waals surface area (Å²) in [5.74, 6) is -0.240. The zero-order valence-corrected chi connectivity index (χ0v) is 8.75. The predicted octanol–water partition coefficient (Wildman–Crippen LogP) is 1.02. The molecule has 0 atom stereocenters. The zero-order chi connectivity index (χ0) is 11.4. The number of nitrogens with zero attached hydrogens (tertiary/aromatic N) is 2. The molecule has 0 saturated heterocycles. The van der Waals surface area contributed by atoms with Crippen molar-refractivity contribution in [3.63, 3.8) is 0 Å². The van der Waals surface area contributed by atoms with Crippen molar-refractivity contribution in [2.75, 3.05) is 0 Å². The Kier molecular flexibility index (Phi) is 2.86. The Morgan fingerprint density at radius 1 is 1.38 bits per heavy atom. The summed E-state index contributed by atoms with van der Waals surface area (Å²) in [7, 11) is 0. The first-order chi connectivity index (χ1) is 7.77. The first-order valence-corrected chi connectivity index (χ1v) is 4.79. The number of carbonyl (C=O) groups is 1. The molecule has 0 saturated carbocycles. The summed E-state index contributed by atoms with van der Waals surface area (Å²) in [5, 5.41) is 3.84. The topological polar surface area (TPSA) is 59.5 Å². The maximum absolute atomic E-state index is 10.7. The van der Waals surface area contributed by atoms with Crippen LogP contribution >= 0.6 is 0 Å². The number of benzene rings is 1. The molecule has 0 aliphatic heterocycles. The number of carbonyl (C=O) groups excluding carboxylic acids is 1. The van der Waals surface area contributed by atoms with Gasteiger partial charge in [-0.25, -0.2) is 5.43 Å². The smallest absolute Gasteiger partial charge is 0.323 e. The SMILES string of the molecule is CC(=O)NN=c1occn1-c1ccccc1. The van der Waals surface area contributed by atoms with Crippen molar-refractivity contribution < 1.29 is 9.21 Å². The van der Waals surface area contributed by atoms with Crippen LogP contribution in [0.3, 0.4) is 0 Å². The number of aromatic nitrogens is 1. The molecule has 2 aromatic rings. The van der Waals surface area contributed by atoms with Crippen LogP contribution in [-0.4, -0.2) is 10.5 Å². The lowest BCUT2D eigenvalue weighted by Crippen LogP contribution is -2.22. The number of para-hydroxylation sites is 1. The highest BCUT2D eigenvalue weighted by Crippen LogP contribution is 2.02. The zero-order valence-electron chi connectivity index (χ0n) is 8.75. The third kappa shape index (κ3) is 2.20. The molecule has 0 fully saturated rings. The number of hydrogen-bond donors (Lipinski definition) is 1. The highest BCUT2D eigenvalue weighted by atomic mass is 16.3.